The van der Waals surface area contributed by atoms with Gasteiger partial charge >= 0.3 is 0 Å². The number of carbonyl (C=O) groups is 1. The number of halogens is 1. The highest BCUT2D eigenvalue weighted by molar-refractivity contribution is 7.99. The van der Waals surface area contributed by atoms with Gasteiger partial charge in [0.15, 0.2) is 5.82 Å². The summed E-state index contributed by atoms with van der Waals surface area (Å²) in [7, 11) is 0. The van der Waals surface area contributed by atoms with Gasteiger partial charge in [-0.2, -0.15) is 9.78 Å². The lowest BCUT2D eigenvalue weighted by atomic mass is 10.1. The molecular formula is C22H22FN5OS. The summed E-state index contributed by atoms with van der Waals surface area (Å²) in [5.74, 6) is 1.32. The number of thioether (sulfide) groups is 1. The van der Waals surface area contributed by atoms with E-state index in [-0.39, 0.29) is 11.7 Å². The molecule has 0 atom stereocenters. The van der Waals surface area contributed by atoms with Gasteiger partial charge in [-0.3, -0.25) is 4.79 Å². The van der Waals surface area contributed by atoms with E-state index in [4.69, 9.17) is 5.10 Å². The van der Waals surface area contributed by atoms with E-state index in [9.17, 15) is 9.18 Å². The third-order valence-electron chi connectivity index (χ3n) is 4.64. The second kappa shape index (κ2) is 8.79. The molecule has 3 aromatic rings. The van der Waals surface area contributed by atoms with Crippen molar-refractivity contribution >= 4 is 29.1 Å². The van der Waals surface area contributed by atoms with Crippen molar-refractivity contribution < 1.29 is 9.18 Å². The van der Waals surface area contributed by atoms with Gasteiger partial charge in [-0.25, -0.2) is 4.39 Å². The zero-order valence-electron chi connectivity index (χ0n) is 16.8. The largest absolute Gasteiger partial charge is 0.326 e. The summed E-state index contributed by atoms with van der Waals surface area (Å²) in [6, 6.07) is 14.3. The molecule has 2 aromatic carbocycles. The molecule has 2 heterocycles. The highest BCUT2D eigenvalue weighted by atomic mass is 32.2. The Balaban J connectivity index is 1.53. The Morgan fingerprint density at radius 3 is 2.67 bits per heavy atom. The number of amides is 1. The Bertz CT molecular complexity index is 1090. The monoisotopic (exact) mass is 423 g/mol. The fourth-order valence-electron chi connectivity index (χ4n) is 3.16. The van der Waals surface area contributed by atoms with Crippen LogP contribution < -0.4 is 5.32 Å². The number of anilines is 1. The molecule has 0 unspecified atom stereocenters. The lowest BCUT2D eigenvalue weighted by Gasteiger charge is -2.14. The van der Waals surface area contributed by atoms with Crippen LogP contribution in [0.2, 0.25) is 0 Å². The summed E-state index contributed by atoms with van der Waals surface area (Å²) >= 11 is 1.54. The first-order valence-corrected chi connectivity index (χ1v) is 10.8. The number of nitrogens with one attached hydrogen (secondary N) is 1. The van der Waals surface area contributed by atoms with E-state index in [1.807, 2.05) is 38.1 Å². The predicted octanol–water partition coefficient (Wildman–Crippen LogP) is 4.35. The Kier molecular flexibility index (Phi) is 5.94. The lowest BCUT2D eigenvalue weighted by Crippen LogP contribution is -2.16. The van der Waals surface area contributed by atoms with Crippen molar-refractivity contribution in [1.29, 1.82) is 0 Å². The van der Waals surface area contributed by atoms with Crippen molar-refractivity contribution in [3.05, 3.63) is 71.3 Å². The van der Waals surface area contributed by atoms with Crippen LogP contribution in [0, 0.1) is 11.7 Å². The molecular weight excluding hydrogens is 401 g/mol. The van der Waals surface area contributed by atoms with Crippen LogP contribution in [0.5, 0.6) is 0 Å². The standard InChI is InChI=1S/C22H22FN5OS/c1-14(2)11-21(29)24-17-9-7-15(8-10-17)19-13-30-22-26-25-20(28(22)27-19)12-16-5-3-4-6-18(16)23/h3-10,14H,11-13H2,1-2H3,(H,24,29). The lowest BCUT2D eigenvalue weighted by molar-refractivity contribution is -0.116. The van der Waals surface area contributed by atoms with Gasteiger partial charge in [-0.05, 0) is 35.2 Å². The van der Waals surface area contributed by atoms with Gasteiger partial charge in [0.05, 0.1) is 5.71 Å². The number of nitrogens with zero attached hydrogens (tertiary/aromatic N) is 4. The fourth-order valence-corrected chi connectivity index (χ4v) is 4.02. The minimum atomic E-state index is -0.266. The van der Waals surface area contributed by atoms with E-state index >= 15 is 0 Å². The van der Waals surface area contributed by atoms with Crippen LogP contribution in [0.15, 0.2) is 58.8 Å². The predicted molar refractivity (Wildman–Crippen MR) is 116 cm³/mol. The van der Waals surface area contributed by atoms with Gasteiger partial charge < -0.3 is 5.32 Å². The molecule has 8 heteroatoms. The smallest absolute Gasteiger partial charge is 0.224 e. The van der Waals surface area contributed by atoms with Crippen molar-refractivity contribution in [2.75, 3.05) is 11.1 Å². The highest BCUT2D eigenvalue weighted by Gasteiger charge is 2.20. The van der Waals surface area contributed by atoms with E-state index in [1.54, 1.807) is 34.6 Å². The Hall–Kier alpha value is -3.00. The zero-order valence-corrected chi connectivity index (χ0v) is 17.6. The number of aromatic nitrogens is 3. The van der Waals surface area contributed by atoms with Crippen LogP contribution in [0.25, 0.3) is 0 Å². The van der Waals surface area contributed by atoms with Gasteiger partial charge in [-0.15, -0.1) is 10.2 Å². The molecule has 1 N–H and O–H groups in total. The third kappa shape index (κ3) is 4.59. The summed E-state index contributed by atoms with van der Waals surface area (Å²) in [4.78, 5) is 11.9. The Labute approximate surface area is 178 Å². The number of hydrogen-bond donors (Lipinski definition) is 1. The molecule has 4 rings (SSSR count). The van der Waals surface area contributed by atoms with Crippen LogP contribution in [0.4, 0.5) is 10.1 Å². The third-order valence-corrected chi connectivity index (χ3v) is 5.57. The summed E-state index contributed by atoms with van der Waals surface area (Å²) in [6.45, 7) is 4.03. The molecule has 0 aliphatic carbocycles. The number of fused-ring (bicyclic) bond motifs is 1. The molecule has 0 bridgehead atoms. The second-order valence-electron chi connectivity index (χ2n) is 7.54. The first kappa shape index (κ1) is 20.3. The summed E-state index contributed by atoms with van der Waals surface area (Å²) in [5, 5.41) is 16.7. The molecule has 1 aliphatic rings. The van der Waals surface area contributed by atoms with Crippen molar-refractivity contribution in [3.8, 4) is 0 Å². The van der Waals surface area contributed by atoms with Crippen molar-refractivity contribution in [1.82, 2.24) is 14.9 Å². The molecule has 0 radical (unpaired) electrons. The summed E-state index contributed by atoms with van der Waals surface area (Å²) in [6.07, 6.45) is 0.810. The second-order valence-corrected chi connectivity index (χ2v) is 8.48. The normalized spacial score (nSPS) is 13.1. The molecule has 0 saturated carbocycles. The maximum absolute atomic E-state index is 14.0. The Morgan fingerprint density at radius 1 is 1.17 bits per heavy atom. The summed E-state index contributed by atoms with van der Waals surface area (Å²) < 4.78 is 15.7. The molecule has 1 aromatic heterocycles. The molecule has 0 fully saturated rings. The van der Waals surface area contributed by atoms with Crippen LogP contribution in [-0.4, -0.2) is 32.2 Å². The maximum Gasteiger partial charge on any atom is 0.224 e. The van der Waals surface area contributed by atoms with E-state index in [2.05, 4.69) is 15.5 Å². The van der Waals surface area contributed by atoms with Crippen LogP contribution in [0.1, 0.15) is 37.2 Å². The molecule has 30 heavy (non-hydrogen) atoms. The average Bonchev–Trinajstić information content (AvgIpc) is 3.12. The minimum absolute atomic E-state index is 0.00947. The van der Waals surface area contributed by atoms with E-state index in [0.717, 1.165) is 17.0 Å². The van der Waals surface area contributed by atoms with Gasteiger partial charge in [0.1, 0.15) is 5.82 Å². The van der Waals surface area contributed by atoms with E-state index < -0.39 is 0 Å². The zero-order chi connectivity index (χ0) is 21.1. The molecule has 154 valence electrons. The van der Waals surface area contributed by atoms with E-state index in [1.165, 1.54) is 6.07 Å². The van der Waals surface area contributed by atoms with Crippen LogP contribution >= 0.6 is 11.8 Å². The fraction of sp³-hybridized carbons (Fsp3) is 0.273. The number of rotatable bonds is 6. The highest BCUT2D eigenvalue weighted by Crippen LogP contribution is 2.26. The van der Waals surface area contributed by atoms with Crippen LogP contribution in [-0.2, 0) is 11.2 Å². The molecule has 0 spiro atoms. The van der Waals surface area contributed by atoms with Crippen molar-refractivity contribution in [2.24, 2.45) is 11.0 Å². The topological polar surface area (TPSA) is 72.2 Å². The van der Waals surface area contributed by atoms with Crippen molar-refractivity contribution in [3.63, 3.8) is 0 Å². The molecule has 1 aliphatic heterocycles. The quantitative estimate of drug-likeness (QED) is 0.640. The van der Waals surface area contributed by atoms with Gasteiger partial charge in [0.25, 0.3) is 0 Å². The first-order chi connectivity index (χ1) is 14.5. The molecule has 1 amide bonds. The average molecular weight is 424 g/mol. The van der Waals surface area contributed by atoms with Crippen LogP contribution in [0.3, 0.4) is 0 Å². The Morgan fingerprint density at radius 2 is 1.93 bits per heavy atom. The minimum Gasteiger partial charge on any atom is -0.326 e. The van der Waals surface area contributed by atoms with Gasteiger partial charge in [-0.1, -0.05) is 55.9 Å². The first-order valence-electron chi connectivity index (χ1n) is 9.78. The summed E-state index contributed by atoms with van der Waals surface area (Å²) in [5.41, 5.74) is 3.16. The molecule has 6 nitrogen and oxygen atoms in total. The van der Waals surface area contributed by atoms with Gasteiger partial charge in [0, 0.05) is 24.3 Å². The van der Waals surface area contributed by atoms with E-state index in [0.29, 0.717) is 41.1 Å². The maximum atomic E-state index is 14.0. The molecule has 0 saturated heterocycles. The number of hydrogen-bond acceptors (Lipinski definition) is 5. The number of benzene rings is 2. The number of carbonyl (C=O) groups excluding carboxylic acids is 1. The van der Waals surface area contributed by atoms with Crippen molar-refractivity contribution in [2.45, 2.75) is 31.8 Å². The SMILES string of the molecule is CC(C)CC(=O)Nc1ccc(C2=Nn3c(Cc4ccccc4F)nnc3SC2)cc1. The van der Waals surface area contributed by atoms with Gasteiger partial charge in [0.2, 0.25) is 11.1 Å².